The van der Waals surface area contributed by atoms with Gasteiger partial charge in [0.1, 0.15) is 18.1 Å². The minimum absolute atomic E-state index is 0.322. The predicted molar refractivity (Wildman–Crippen MR) is 106 cm³/mol. The number of hydrogen-bond donors (Lipinski definition) is 5. The summed E-state index contributed by atoms with van der Waals surface area (Å²) >= 11 is 5.86. The van der Waals surface area contributed by atoms with Gasteiger partial charge in [0.25, 0.3) is 0 Å². The molecule has 0 aromatic heterocycles. The van der Waals surface area contributed by atoms with Crippen molar-refractivity contribution >= 4 is 35.4 Å². The van der Waals surface area contributed by atoms with Gasteiger partial charge in [-0.25, -0.2) is 4.79 Å². The monoisotopic (exact) mass is 428 g/mol. The molecule has 0 heterocycles. The van der Waals surface area contributed by atoms with Gasteiger partial charge in [0.05, 0.1) is 0 Å². The topological polar surface area (TPSA) is 145 Å². The molecule has 10 heteroatoms. The van der Waals surface area contributed by atoms with Gasteiger partial charge in [0.2, 0.25) is 11.8 Å². The normalized spacial score (nSPS) is 14.4. The van der Waals surface area contributed by atoms with Crippen molar-refractivity contribution in [3.05, 3.63) is 34.9 Å². The van der Waals surface area contributed by atoms with Crippen LogP contribution in [0.15, 0.2) is 24.3 Å². The quantitative estimate of drug-likeness (QED) is 0.355. The highest BCUT2D eigenvalue weighted by atomic mass is 35.5. The molecule has 3 atom stereocenters. The lowest BCUT2D eigenvalue weighted by atomic mass is 10.0. The number of aliphatic carboxylic acids is 2. The van der Waals surface area contributed by atoms with Crippen molar-refractivity contribution in [1.29, 1.82) is 0 Å². The zero-order chi connectivity index (χ0) is 23.0. The fourth-order valence-corrected chi connectivity index (χ4v) is 2.72. The van der Waals surface area contributed by atoms with E-state index < -0.39 is 54.2 Å². The fourth-order valence-electron chi connectivity index (χ4n) is 2.59. The molecule has 0 saturated heterocycles. The van der Waals surface area contributed by atoms with Crippen molar-refractivity contribution in [2.24, 2.45) is 5.92 Å². The minimum Gasteiger partial charge on any atom is -0.481 e. The highest BCUT2D eigenvalue weighted by Crippen LogP contribution is 2.17. The molecule has 0 fully saturated rings. The Balaban J connectivity index is 3.04. The van der Waals surface area contributed by atoms with E-state index in [1.165, 1.54) is 7.05 Å². The summed E-state index contributed by atoms with van der Waals surface area (Å²) in [7, 11) is 1.53. The fraction of sp³-hybridized carbons (Fsp3) is 0.474. The molecule has 1 aromatic carbocycles. The summed E-state index contributed by atoms with van der Waals surface area (Å²) in [5.41, 5.74) is 0.539. The van der Waals surface area contributed by atoms with Crippen LogP contribution in [0, 0.1) is 5.92 Å². The van der Waals surface area contributed by atoms with Crippen LogP contribution in [0.3, 0.4) is 0 Å². The smallest absolute Gasteiger partial charge is 0.326 e. The van der Waals surface area contributed by atoms with Crippen LogP contribution < -0.4 is 15.9 Å². The van der Waals surface area contributed by atoms with Crippen LogP contribution in [0.2, 0.25) is 6.43 Å². The summed E-state index contributed by atoms with van der Waals surface area (Å²) in [6, 6.07) is 2.76. The van der Waals surface area contributed by atoms with Gasteiger partial charge in [-0.3, -0.25) is 14.4 Å². The van der Waals surface area contributed by atoms with Gasteiger partial charge in [-0.15, -0.1) is 0 Å². The molecular formula is C19H26ClN3O6. The second kappa shape index (κ2) is 11.4. The van der Waals surface area contributed by atoms with Crippen molar-refractivity contribution in [3.63, 3.8) is 0 Å². The minimum atomic E-state index is -1.45. The number of hydrogen-bond acceptors (Lipinski definition) is 5. The molecule has 1 aromatic rings. The van der Waals surface area contributed by atoms with Gasteiger partial charge < -0.3 is 26.2 Å². The van der Waals surface area contributed by atoms with Crippen LogP contribution >= 0.6 is 11.6 Å². The first-order valence-electron chi connectivity index (χ1n) is 9.43. The van der Waals surface area contributed by atoms with Crippen LogP contribution in [0.1, 0.15) is 38.3 Å². The summed E-state index contributed by atoms with van der Waals surface area (Å²) < 4.78 is 8.26. The van der Waals surface area contributed by atoms with Crippen molar-refractivity contribution in [2.45, 2.75) is 44.8 Å². The Hall–Kier alpha value is -2.65. The SMILES string of the molecule is [2H]N(C(=O)C(NC)c1ccc(Cl)cc1)[C@H](C(=O)N[C@@H](CCC(=O)O)C(=O)O)C(C)C. The first-order chi connectivity index (χ1) is 14.0. The molecule has 2 amide bonds. The van der Waals surface area contributed by atoms with Gasteiger partial charge in [-0.05, 0) is 37.1 Å². The lowest BCUT2D eigenvalue weighted by Crippen LogP contribution is -2.55. The van der Waals surface area contributed by atoms with Crippen LogP contribution in [0.25, 0.3) is 0 Å². The van der Waals surface area contributed by atoms with E-state index >= 15 is 0 Å². The molecule has 1 unspecified atom stereocenters. The second-order valence-corrected chi connectivity index (χ2v) is 7.20. The third kappa shape index (κ3) is 7.71. The van der Waals surface area contributed by atoms with E-state index in [2.05, 4.69) is 10.6 Å². The number of carbonyl (C=O) groups excluding carboxylic acids is 2. The van der Waals surface area contributed by atoms with Gasteiger partial charge in [0.15, 0.2) is 1.41 Å². The Morgan fingerprint density at radius 3 is 2.14 bits per heavy atom. The molecule has 0 aliphatic heterocycles. The van der Waals surface area contributed by atoms with Gasteiger partial charge in [-0.2, -0.15) is 0 Å². The number of carboxylic acids is 2. The van der Waals surface area contributed by atoms with Gasteiger partial charge in [0, 0.05) is 11.4 Å². The molecule has 0 aliphatic carbocycles. The number of carbonyl (C=O) groups is 4. The van der Waals surface area contributed by atoms with Gasteiger partial charge in [-0.1, -0.05) is 37.6 Å². The van der Waals surface area contributed by atoms with Crippen molar-refractivity contribution in [2.75, 3.05) is 7.05 Å². The van der Waals surface area contributed by atoms with E-state index in [0.717, 1.165) is 0 Å². The van der Waals surface area contributed by atoms with Crippen LogP contribution in [0.5, 0.6) is 0 Å². The molecule has 29 heavy (non-hydrogen) atoms. The van der Waals surface area contributed by atoms with E-state index in [0.29, 0.717) is 15.9 Å². The summed E-state index contributed by atoms with van der Waals surface area (Å²) in [6.07, 6.45) is -0.775. The Labute approximate surface area is 175 Å². The third-order valence-electron chi connectivity index (χ3n) is 4.17. The van der Waals surface area contributed by atoms with E-state index in [4.69, 9.17) is 18.1 Å². The molecule has 0 aliphatic rings. The van der Waals surface area contributed by atoms with E-state index in [9.17, 15) is 24.3 Å². The Kier molecular flexibility index (Phi) is 8.88. The third-order valence-corrected chi connectivity index (χ3v) is 4.42. The maximum absolute atomic E-state index is 12.9. The number of amides is 2. The van der Waals surface area contributed by atoms with Gasteiger partial charge >= 0.3 is 11.9 Å². The predicted octanol–water partition coefficient (Wildman–Crippen LogP) is 1.18. The Morgan fingerprint density at radius 2 is 1.69 bits per heavy atom. The summed E-state index contributed by atoms with van der Waals surface area (Å²) in [5, 5.41) is 24.0. The lowest BCUT2D eigenvalue weighted by Gasteiger charge is -2.26. The highest BCUT2D eigenvalue weighted by Gasteiger charge is 2.31. The first-order valence-corrected chi connectivity index (χ1v) is 9.37. The highest BCUT2D eigenvalue weighted by molar-refractivity contribution is 6.30. The molecule has 0 spiro atoms. The average Bonchev–Trinajstić information content (AvgIpc) is 2.66. The molecule has 9 nitrogen and oxygen atoms in total. The van der Waals surface area contributed by atoms with Crippen molar-refractivity contribution in [3.8, 4) is 0 Å². The van der Waals surface area contributed by atoms with Crippen LogP contribution in [-0.4, -0.2) is 53.1 Å². The summed E-state index contributed by atoms with van der Waals surface area (Å²) in [5.74, 6) is -4.68. The zero-order valence-electron chi connectivity index (χ0n) is 17.4. The second-order valence-electron chi connectivity index (χ2n) is 6.76. The molecule has 0 bridgehead atoms. The summed E-state index contributed by atoms with van der Waals surface area (Å²) in [4.78, 5) is 47.7. The van der Waals surface area contributed by atoms with Crippen LogP contribution in [0.4, 0.5) is 0 Å². The maximum Gasteiger partial charge on any atom is 0.326 e. The maximum atomic E-state index is 12.9. The zero-order valence-corrected chi connectivity index (χ0v) is 17.1. The molecular weight excluding hydrogens is 402 g/mol. The van der Waals surface area contributed by atoms with E-state index in [-0.39, 0.29) is 6.42 Å². The molecule has 1 rings (SSSR count). The number of rotatable bonds is 11. The molecule has 0 saturated carbocycles. The van der Waals surface area contributed by atoms with E-state index in [1.54, 1.807) is 38.1 Å². The first kappa shape index (κ1) is 22.6. The number of benzene rings is 1. The lowest BCUT2D eigenvalue weighted by molar-refractivity contribution is -0.143. The molecule has 160 valence electrons. The van der Waals surface area contributed by atoms with Crippen molar-refractivity contribution in [1.82, 2.24) is 15.9 Å². The number of carboxylic acid groups (broad SMARTS) is 2. The number of likely N-dealkylation sites (N-methyl/N-ethyl adjacent to an activating group) is 1. The number of nitrogens with one attached hydrogen (secondary N) is 3. The average molecular weight is 429 g/mol. The number of halogens is 1. The largest absolute Gasteiger partial charge is 0.481 e. The summed E-state index contributed by atoms with van der Waals surface area (Å²) in [6.45, 7) is 3.23. The molecule has 0 radical (unpaired) electrons. The Bertz CT molecular complexity index is 774. The van der Waals surface area contributed by atoms with Crippen LogP contribution in [-0.2, 0) is 19.2 Å². The molecule has 5 N–H and O–H groups in total. The Morgan fingerprint density at radius 1 is 1.10 bits per heavy atom. The van der Waals surface area contributed by atoms with Crippen molar-refractivity contribution < 1.29 is 30.8 Å². The van der Waals surface area contributed by atoms with E-state index in [1.807, 2.05) is 0 Å². The standard InChI is InChI=1S/C19H26ClN3O6/c1-10(2)15(17(26)22-13(19(28)29)8-9-14(24)25)23-18(27)16(21-3)11-4-6-12(20)7-5-11/h4-7,10,13,15-16,21H,8-9H2,1-3H3,(H,22,26)(H,23,27)(H,24,25)(H,28,29)/t13-,15-,16?/m0/s1/i/hD.